The van der Waals surface area contributed by atoms with E-state index in [-0.39, 0.29) is 12.1 Å². The third kappa shape index (κ3) is 5.78. The molecule has 1 aromatic heterocycles. The van der Waals surface area contributed by atoms with Gasteiger partial charge in [-0.3, -0.25) is 9.79 Å². The molecule has 4 nitrogen and oxygen atoms in total. The van der Waals surface area contributed by atoms with Crippen molar-refractivity contribution in [2.24, 2.45) is 4.99 Å². The predicted molar refractivity (Wildman–Crippen MR) is 116 cm³/mol. The van der Waals surface area contributed by atoms with Crippen LogP contribution in [-0.2, 0) is 6.54 Å². The highest BCUT2D eigenvalue weighted by Gasteiger charge is 2.07. The number of ether oxygens (including phenoxy) is 1. The number of aromatic nitrogens is 1. The number of pyridine rings is 1. The fourth-order valence-electron chi connectivity index (χ4n) is 2.84. The molecule has 0 amide bonds. The Balaban J connectivity index is 1.75. The van der Waals surface area contributed by atoms with Crippen LogP contribution >= 0.6 is 11.6 Å². The van der Waals surface area contributed by atoms with Crippen LogP contribution in [0.15, 0.2) is 70.6 Å². The smallest absolute Gasteiger partial charge is 0.250 e. The topological polar surface area (TPSA) is 43.6 Å². The van der Waals surface area contributed by atoms with Gasteiger partial charge in [0.05, 0.1) is 13.1 Å². The van der Waals surface area contributed by atoms with Gasteiger partial charge in [0.15, 0.2) is 0 Å². The van der Waals surface area contributed by atoms with Crippen molar-refractivity contribution in [2.45, 2.75) is 20.4 Å². The van der Waals surface area contributed by atoms with Crippen LogP contribution in [0.4, 0.5) is 4.39 Å². The Labute approximate surface area is 174 Å². The molecule has 0 fully saturated rings. The summed E-state index contributed by atoms with van der Waals surface area (Å²) in [7, 11) is 0. The van der Waals surface area contributed by atoms with Crippen molar-refractivity contribution in [1.82, 2.24) is 4.57 Å². The number of benzene rings is 2. The number of hydrogen-bond acceptors (Lipinski definition) is 3. The first-order valence-electron chi connectivity index (χ1n) is 9.28. The van der Waals surface area contributed by atoms with Crippen LogP contribution in [0.5, 0.6) is 5.75 Å². The molecule has 0 saturated carbocycles. The summed E-state index contributed by atoms with van der Waals surface area (Å²) in [5.41, 5.74) is 3.02. The van der Waals surface area contributed by atoms with Gasteiger partial charge in [0.2, 0.25) is 0 Å². The van der Waals surface area contributed by atoms with Gasteiger partial charge in [0.25, 0.3) is 5.56 Å². The van der Waals surface area contributed by atoms with Crippen LogP contribution in [0, 0.1) is 5.82 Å². The molecule has 0 N–H and O–H groups in total. The van der Waals surface area contributed by atoms with Gasteiger partial charge in [-0.25, -0.2) is 4.39 Å². The molecule has 3 rings (SSSR count). The molecular weight excluding hydrogens is 391 g/mol. The molecule has 150 valence electrons. The normalized spacial score (nSPS) is 10.6. The zero-order valence-electron chi connectivity index (χ0n) is 16.4. The summed E-state index contributed by atoms with van der Waals surface area (Å²) in [4.78, 5) is 16.5. The second-order valence-electron chi connectivity index (χ2n) is 6.82. The summed E-state index contributed by atoms with van der Waals surface area (Å²) in [5, 5.41) is 0.325. The molecular formula is C23H22ClFN2O2. The third-order valence-electron chi connectivity index (χ3n) is 4.31. The Kier molecular flexibility index (Phi) is 6.83. The van der Waals surface area contributed by atoms with E-state index in [0.29, 0.717) is 23.7 Å². The van der Waals surface area contributed by atoms with Gasteiger partial charge >= 0.3 is 0 Å². The van der Waals surface area contributed by atoms with Crippen molar-refractivity contribution in [3.8, 4) is 16.9 Å². The molecule has 0 aliphatic heterocycles. The molecule has 0 unspecified atom stereocenters. The number of nitrogens with zero attached hydrogens (tertiary/aromatic N) is 2. The second kappa shape index (κ2) is 9.52. The molecule has 2 aromatic carbocycles. The van der Waals surface area contributed by atoms with E-state index in [9.17, 15) is 9.18 Å². The fraction of sp³-hybridized carbons (Fsp3) is 0.217. The Hall–Kier alpha value is -2.92. The van der Waals surface area contributed by atoms with Crippen LogP contribution in [-0.4, -0.2) is 23.4 Å². The van der Waals surface area contributed by atoms with Crippen LogP contribution in [0.2, 0.25) is 5.02 Å². The summed E-state index contributed by atoms with van der Waals surface area (Å²) in [6.45, 7) is 5.18. The van der Waals surface area contributed by atoms with Gasteiger partial charge in [-0.15, -0.1) is 0 Å². The molecule has 29 heavy (non-hydrogen) atoms. The van der Waals surface area contributed by atoms with Crippen molar-refractivity contribution in [1.29, 1.82) is 0 Å². The van der Waals surface area contributed by atoms with Crippen molar-refractivity contribution >= 4 is 17.3 Å². The highest BCUT2D eigenvalue weighted by atomic mass is 35.5. The Morgan fingerprint density at radius 3 is 2.48 bits per heavy atom. The summed E-state index contributed by atoms with van der Waals surface area (Å²) in [6, 6.07) is 15.3. The summed E-state index contributed by atoms with van der Waals surface area (Å²) in [5.74, 6) is 0.327. The van der Waals surface area contributed by atoms with E-state index in [1.54, 1.807) is 24.4 Å². The molecule has 0 saturated heterocycles. The van der Waals surface area contributed by atoms with Gasteiger partial charge in [-0.05, 0) is 55.3 Å². The van der Waals surface area contributed by atoms with E-state index in [2.05, 4.69) is 4.99 Å². The lowest BCUT2D eigenvalue weighted by molar-refractivity contribution is 0.329. The van der Waals surface area contributed by atoms with Gasteiger partial charge in [-0.2, -0.15) is 0 Å². The first-order chi connectivity index (χ1) is 13.9. The SMILES string of the molecule is CC(C)=NCCOc1ccc(-c2ccc(=O)n(Cc3ccc(Cl)cc3F)c2)cc1. The maximum Gasteiger partial charge on any atom is 0.250 e. The lowest BCUT2D eigenvalue weighted by Gasteiger charge is -2.10. The molecule has 0 spiro atoms. The average Bonchev–Trinajstić information content (AvgIpc) is 2.69. The Bertz CT molecular complexity index is 1070. The molecule has 0 radical (unpaired) electrons. The van der Waals surface area contributed by atoms with Crippen molar-refractivity contribution in [2.75, 3.05) is 13.2 Å². The zero-order valence-corrected chi connectivity index (χ0v) is 17.1. The number of rotatable bonds is 7. The third-order valence-corrected chi connectivity index (χ3v) is 4.55. The lowest BCUT2D eigenvalue weighted by Crippen LogP contribution is -2.19. The summed E-state index contributed by atoms with van der Waals surface area (Å²) in [6.07, 6.45) is 1.73. The monoisotopic (exact) mass is 412 g/mol. The predicted octanol–water partition coefficient (Wildman–Crippen LogP) is 5.22. The largest absolute Gasteiger partial charge is 0.492 e. The van der Waals surface area contributed by atoms with Gasteiger partial charge < -0.3 is 9.30 Å². The van der Waals surface area contributed by atoms with E-state index < -0.39 is 5.82 Å². The van der Waals surface area contributed by atoms with E-state index >= 15 is 0 Å². The maximum absolute atomic E-state index is 14.1. The maximum atomic E-state index is 14.1. The van der Waals surface area contributed by atoms with E-state index in [1.165, 1.54) is 16.7 Å². The van der Waals surface area contributed by atoms with Crippen molar-refractivity contribution < 1.29 is 9.13 Å². The average molecular weight is 413 g/mol. The zero-order chi connectivity index (χ0) is 20.8. The van der Waals surface area contributed by atoms with E-state index in [0.717, 1.165) is 22.6 Å². The van der Waals surface area contributed by atoms with Gasteiger partial charge in [0, 0.05) is 28.6 Å². The molecule has 0 aliphatic carbocycles. The molecule has 0 bridgehead atoms. The van der Waals surface area contributed by atoms with Crippen molar-refractivity contribution in [3.63, 3.8) is 0 Å². The highest BCUT2D eigenvalue weighted by Crippen LogP contribution is 2.22. The first kappa shape index (κ1) is 20.8. The second-order valence-corrected chi connectivity index (χ2v) is 7.26. The van der Waals surface area contributed by atoms with E-state index in [4.69, 9.17) is 16.3 Å². The Morgan fingerprint density at radius 1 is 1.07 bits per heavy atom. The van der Waals surface area contributed by atoms with Crippen LogP contribution in [0.3, 0.4) is 0 Å². The summed E-state index contributed by atoms with van der Waals surface area (Å²) < 4.78 is 21.2. The van der Waals surface area contributed by atoms with Gasteiger partial charge in [-0.1, -0.05) is 29.8 Å². The number of aliphatic imine (C=N–C) groups is 1. The highest BCUT2D eigenvalue weighted by molar-refractivity contribution is 6.30. The van der Waals surface area contributed by atoms with Crippen LogP contribution in [0.25, 0.3) is 11.1 Å². The number of hydrogen-bond donors (Lipinski definition) is 0. The molecule has 0 atom stereocenters. The van der Waals surface area contributed by atoms with Crippen molar-refractivity contribution in [3.05, 3.63) is 87.6 Å². The standard InChI is InChI=1S/C23H22ClFN2O2/c1-16(2)26-11-12-29-21-8-4-17(5-9-21)18-6-10-23(28)27(14-18)15-19-3-7-20(24)13-22(19)25/h3-10,13-14H,11-12,15H2,1-2H3. The minimum atomic E-state index is -0.432. The van der Waals surface area contributed by atoms with E-state index in [1.807, 2.05) is 38.1 Å². The Morgan fingerprint density at radius 2 is 1.79 bits per heavy atom. The first-order valence-corrected chi connectivity index (χ1v) is 9.65. The molecule has 6 heteroatoms. The summed E-state index contributed by atoms with van der Waals surface area (Å²) >= 11 is 5.80. The molecule has 0 aliphatic rings. The molecule has 1 heterocycles. The van der Waals surface area contributed by atoms with Gasteiger partial charge in [0.1, 0.15) is 18.2 Å². The quantitative estimate of drug-likeness (QED) is 0.394. The lowest BCUT2D eigenvalue weighted by atomic mass is 10.1. The minimum absolute atomic E-state index is 0.133. The van der Waals surface area contributed by atoms with Crippen LogP contribution < -0.4 is 10.3 Å². The number of halogens is 2. The fourth-order valence-corrected chi connectivity index (χ4v) is 2.99. The minimum Gasteiger partial charge on any atom is -0.492 e. The van der Waals surface area contributed by atoms with Crippen LogP contribution in [0.1, 0.15) is 19.4 Å². The molecule has 3 aromatic rings.